The van der Waals surface area contributed by atoms with E-state index in [0.29, 0.717) is 6.54 Å². The van der Waals surface area contributed by atoms with E-state index in [4.69, 9.17) is 4.74 Å². The van der Waals surface area contributed by atoms with Crippen LogP contribution in [0.15, 0.2) is 29.3 Å². The lowest BCUT2D eigenvalue weighted by molar-refractivity contribution is 0.105. The normalized spacial score (nSPS) is 16.7. The van der Waals surface area contributed by atoms with Gasteiger partial charge in [-0.3, -0.25) is 4.99 Å². The number of nitrogens with one attached hydrogen (secondary N) is 3. The summed E-state index contributed by atoms with van der Waals surface area (Å²) < 4.78 is 31.5. The Hall–Kier alpha value is -1.64. The molecule has 1 saturated carbocycles. The SMILES string of the molecule is CCOCCC1(CNC(=NC)NCc2cccc(CS(=O)(=O)NC)c2)CCCC1. The molecule has 0 amide bonds. The summed E-state index contributed by atoms with van der Waals surface area (Å²) in [4.78, 5) is 4.34. The van der Waals surface area contributed by atoms with Crippen LogP contribution in [0.4, 0.5) is 0 Å². The van der Waals surface area contributed by atoms with Crippen molar-refractivity contribution in [2.75, 3.05) is 33.9 Å². The highest BCUT2D eigenvalue weighted by Crippen LogP contribution is 2.40. The molecule has 0 atom stereocenters. The van der Waals surface area contributed by atoms with Crippen LogP contribution in [-0.2, 0) is 27.1 Å². The number of benzene rings is 1. The molecule has 0 spiro atoms. The molecule has 164 valence electrons. The van der Waals surface area contributed by atoms with Gasteiger partial charge in [-0.2, -0.15) is 0 Å². The van der Waals surface area contributed by atoms with Gasteiger partial charge in [-0.1, -0.05) is 37.1 Å². The Bertz CT molecular complexity index is 759. The van der Waals surface area contributed by atoms with Gasteiger partial charge in [0.15, 0.2) is 5.96 Å². The molecule has 0 unspecified atom stereocenters. The molecule has 2 rings (SSSR count). The zero-order chi connectivity index (χ0) is 21.2. The largest absolute Gasteiger partial charge is 0.382 e. The molecular weight excluding hydrogens is 388 g/mol. The van der Waals surface area contributed by atoms with Gasteiger partial charge in [0.05, 0.1) is 5.75 Å². The maximum atomic E-state index is 11.8. The Morgan fingerprint density at radius 2 is 1.93 bits per heavy atom. The molecule has 0 aliphatic heterocycles. The van der Waals surface area contributed by atoms with Gasteiger partial charge in [0, 0.05) is 33.4 Å². The number of ether oxygens (including phenoxy) is 1. The summed E-state index contributed by atoms with van der Waals surface area (Å²) in [5.74, 6) is 0.744. The highest BCUT2D eigenvalue weighted by Gasteiger charge is 2.33. The van der Waals surface area contributed by atoms with Gasteiger partial charge in [-0.15, -0.1) is 0 Å². The van der Waals surface area contributed by atoms with Crippen LogP contribution in [0.2, 0.25) is 0 Å². The van der Waals surface area contributed by atoms with Crippen molar-refractivity contribution in [3.05, 3.63) is 35.4 Å². The zero-order valence-electron chi connectivity index (χ0n) is 18.0. The molecular formula is C21H36N4O3S. The highest BCUT2D eigenvalue weighted by molar-refractivity contribution is 7.88. The van der Waals surface area contributed by atoms with Crippen LogP contribution in [-0.4, -0.2) is 48.2 Å². The first kappa shape index (κ1) is 23.6. The van der Waals surface area contributed by atoms with E-state index in [2.05, 4.69) is 20.3 Å². The van der Waals surface area contributed by atoms with E-state index >= 15 is 0 Å². The average molecular weight is 425 g/mol. The van der Waals surface area contributed by atoms with Crippen LogP contribution in [0.25, 0.3) is 0 Å². The van der Waals surface area contributed by atoms with Crippen molar-refractivity contribution in [3.63, 3.8) is 0 Å². The number of hydrogen-bond donors (Lipinski definition) is 3. The van der Waals surface area contributed by atoms with Gasteiger partial charge in [0.25, 0.3) is 0 Å². The predicted octanol–water partition coefficient (Wildman–Crippen LogP) is 2.39. The standard InChI is InChI=1S/C21H36N4O3S/c1-4-28-13-12-21(10-5-6-11-21)17-25-20(22-2)24-15-18-8-7-9-19(14-18)16-29(26,27)23-3/h7-9,14,23H,4-6,10-13,15-17H2,1-3H3,(H2,22,24,25). The summed E-state index contributed by atoms with van der Waals surface area (Å²) >= 11 is 0. The number of hydrogen-bond acceptors (Lipinski definition) is 4. The molecule has 7 nitrogen and oxygen atoms in total. The minimum atomic E-state index is -3.28. The lowest BCUT2D eigenvalue weighted by Gasteiger charge is -2.30. The molecule has 0 saturated heterocycles. The first-order valence-electron chi connectivity index (χ1n) is 10.4. The number of sulfonamides is 1. The molecule has 0 heterocycles. The molecule has 29 heavy (non-hydrogen) atoms. The quantitative estimate of drug-likeness (QED) is 0.288. The fourth-order valence-corrected chi connectivity index (χ4v) is 4.63. The number of rotatable bonds is 11. The van der Waals surface area contributed by atoms with Crippen molar-refractivity contribution >= 4 is 16.0 Å². The zero-order valence-corrected chi connectivity index (χ0v) is 18.8. The fraction of sp³-hybridized carbons (Fsp3) is 0.667. The molecule has 3 N–H and O–H groups in total. The van der Waals surface area contributed by atoms with Crippen LogP contribution >= 0.6 is 0 Å². The molecule has 8 heteroatoms. The first-order chi connectivity index (χ1) is 13.9. The summed E-state index contributed by atoms with van der Waals surface area (Å²) in [6.07, 6.45) is 6.09. The average Bonchev–Trinajstić information content (AvgIpc) is 3.17. The van der Waals surface area contributed by atoms with Gasteiger partial charge in [0.1, 0.15) is 0 Å². The Labute approximate surface area is 175 Å². The second-order valence-electron chi connectivity index (χ2n) is 7.72. The monoisotopic (exact) mass is 424 g/mol. The van der Waals surface area contributed by atoms with Gasteiger partial charge < -0.3 is 15.4 Å². The highest BCUT2D eigenvalue weighted by atomic mass is 32.2. The van der Waals surface area contributed by atoms with Crippen LogP contribution in [0.1, 0.15) is 50.2 Å². The van der Waals surface area contributed by atoms with Crippen LogP contribution in [0, 0.1) is 5.41 Å². The molecule has 1 aliphatic rings. The molecule has 1 aliphatic carbocycles. The third-order valence-electron chi connectivity index (χ3n) is 5.62. The number of aliphatic imine (C=N–C) groups is 1. The minimum Gasteiger partial charge on any atom is -0.382 e. The maximum Gasteiger partial charge on any atom is 0.215 e. The van der Waals surface area contributed by atoms with Gasteiger partial charge in [-0.25, -0.2) is 13.1 Å². The van der Waals surface area contributed by atoms with E-state index in [1.807, 2.05) is 31.2 Å². The van der Waals surface area contributed by atoms with Gasteiger partial charge >= 0.3 is 0 Å². The van der Waals surface area contributed by atoms with E-state index in [1.54, 1.807) is 7.05 Å². The van der Waals surface area contributed by atoms with Crippen LogP contribution in [0.3, 0.4) is 0 Å². The molecule has 0 aromatic heterocycles. The Morgan fingerprint density at radius 3 is 2.59 bits per heavy atom. The van der Waals surface area contributed by atoms with Crippen molar-refractivity contribution in [2.45, 2.75) is 51.3 Å². The van der Waals surface area contributed by atoms with E-state index in [9.17, 15) is 8.42 Å². The third kappa shape index (κ3) is 7.95. The van der Waals surface area contributed by atoms with Gasteiger partial charge in [-0.05, 0) is 49.8 Å². The minimum absolute atomic E-state index is 0.0212. The Morgan fingerprint density at radius 1 is 1.21 bits per heavy atom. The predicted molar refractivity (Wildman–Crippen MR) is 118 cm³/mol. The van der Waals surface area contributed by atoms with E-state index in [0.717, 1.165) is 43.3 Å². The maximum absolute atomic E-state index is 11.8. The lowest BCUT2D eigenvalue weighted by Crippen LogP contribution is -2.43. The summed E-state index contributed by atoms with van der Waals surface area (Å²) in [7, 11) is -0.0736. The Balaban J connectivity index is 1.89. The van der Waals surface area contributed by atoms with Crippen LogP contribution in [0.5, 0.6) is 0 Å². The molecule has 0 radical (unpaired) electrons. The number of guanidine groups is 1. The Kier molecular flexibility index (Phi) is 9.39. The number of nitrogens with zero attached hydrogens (tertiary/aromatic N) is 1. The second kappa shape index (κ2) is 11.5. The molecule has 1 fully saturated rings. The summed E-state index contributed by atoms with van der Waals surface area (Å²) in [5, 5.41) is 6.83. The first-order valence-corrected chi connectivity index (χ1v) is 12.1. The van der Waals surface area contributed by atoms with E-state index in [-0.39, 0.29) is 11.2 Å². The fourth-order valence-electron chi connectivity index (χ4n) is 3.87. The summed E-state index contributed by atoms with van der Waals surface area (Å²) in [6, 6.07) is 7.61. The topological polar surface area (TPSA) is 91.8 Å². The van der Waals surface area contributed by atoms with Crippen LogP contribution < -0.4 is 15.4 Å². The summed E-state index contributed by atoms with van der Waals surface area (Å²) in [6.45, 7) is 5.09. The van der Waals surface area contributed by atoms with Crippen molar-refractivity contribution in [2.24, 2.45) is 10.4 Å². The lowest BCUT2D eigenvalue weighted by atomic mass is 9.83. The van der Waals surface area contributed by atoms with Gasteiger partial charge in [0.2, 0.25) is 10.0 Å². The van der Waals surface area contributed by atoms with Crippen molar-refractivity contribution < 1.29 is 13.2 Å². The second-order valence-corrected chi connectivity index (χ2v) is 9.64. The molecule has 1 aromatic rings. The molecule has 1 aromatic carbocycles. The van der Waals surface area contributed by atoms with E-state index in [1.165, 1.54) is 32.7 Å². The van der Waals surface area contributed by atoms with Crippen molar-refractivity contribution in [1.82, 2.24) is 15.4 Å². The van der Waals surface area contributed by atoms with Crippen molar-refractivity contribution in [1.29, 1.82) is 0 Å². The molecule has 0 bridgehead atoms. The van der Waals surface area contributed by atoms with E-state index < -0.39 is 10.0 Å². The third-order valence-corrected chi connectivity index (χ3v) is 6.95. The van der Waals surface area contributed by atoms with Crippen molar-refractivity contribution in [3.8, 4) is 0 Å². The smallest absolute Gasteiger partial charge is 0.215 e. The summed E-state index contributed by atoms with van der Waals surface area (Å²) in [5.41, 5.74) is 2.07.